The second-order valence-electron chi connectivity index (χ2n) is 5.46. The van der Waals surface area contributed by atoms with E-state index in [-0.39, 0.29) is 12.5 Å². The van der Waals surface area contributed by atoms with Gasteiger partial charge in [-0.3, -0.25) is 4.79 Å². The van der Waals surface area contributed by atoms with Crippen molar-refractivity contribution < 1.29 is 19.0 Å². The summed E-state index contributed by atoms with van der Waals surface area (Å²) >= 11 is 0. The number of nitrogens with two attached hydrogens (primary N) is 1. The maximum Gasteiger partial charge on any atom is 0.238 e. The lowest BCUT2D eigenvalue weighted by molar-refractivity contribution is -0.114. The first-order valence-electron chi connectivity index (χ1n) is 8.07. The Labute approximate surface area is 158 Å². The molecule has 2 aromatic rings. The van der Waals surface area contributed by atoms with Crippen LogP contribution in [0.4, 0.5) is 5.69 Å². The summed E-state index contributed by atoms with van der Waals surface area (Å²) in [4.78, 5) is 11.7. The van der Waals surface area contributed by atoms with Crippen molar-refractivity contribution in [2.75, 3.05) is 33.2 Å². The number of ether oxygens (including phenoxy) is 3. The van der Waals surface area contributed by atoms with Crippen LogP contribution in [0.25, 0.3) is 5.57 Å². The zero-order valence-electron chi connectivity index (χ0n) is 15.4. The molecule has 0 spiro atoms. The van der Waals surface area contributed by atoms with E-state index in [0.29, 0.717) is 34.1 Å². The van der Waals surface area contributed by atoms with Gasteiger partial charge in [-0.1, -0.05) is 6.07 Å². The van der Waals surface area contributed by atoms with Crippen molar-refractivity contribution in [3.05, 3.63) is 53.6 Å². The standard InChI is InChI=1S/C20H21N3O4/c1-25-15-8-14(9-16(11-15)26-2)17(6-7-21)13-4-5-19(27-3)18(10-13)23-20(24)12-22/h4-6,8-11H,12,22H2,1-3H3,(H,23,24). The second kappa shape index (κ2) is 9.27. The fourth-order valence-corrected chi connectivity index (χ4v) is 2.54. The molecule has 0 heterocycles. The maximum absolute atomic E-state index is 11.7. The number of allylic oxidation sites excluding steroid dienone is 1. The first-order valence-corrected chi connectivity index (χ1v) is 8.07. The van der Waals surface area contributed by atoms with E-state index < -0.39 is 0 Å². The third kappa shape index (κ3) is 4.77. The number of methoxy groups -OCH3 is 3. The number of anilines is 1. The number of hydrogen-bond donors (Lipinski definition) is 2. The quantitative estimate of drug-likeness (QED) is 0.729. The molecule has 2 aromatic carbocycles. The van der Waals surface area contributed by atoms with E-state index in [1.54, 1.807) is 50.6 Å². The lowest BCUT2D eigenvalue weighted by atomic mass is 9.96. The topological polar surface area (TPSA) is 107 Å². The van der Waals surface area contributed by atoms with E-state index in [4.69, 9.17) is 19.9 Å². The molecule has 3 N–H and O–H groups in total. The highest BCUT2D eigenvalue weighted by molar-refractivity contribution is 5.95. The number of hydrogen-bond acceptors (Lipinski definition) is 6. The van der Waals surface area contributed by atoms with Crippen molar-refractivity contribution in [3.8, 4) is 23.3 Å². The van der Waals surface area contributed by atoms with Crippen LogP contribution in [0.3, 0.4) is 0 Å². The minimum absolute atomic E-state index is 0.151. The lowest BCUT2D eigenvalue weighted by Crippen LogP contribution is -2.22. The summed E-state index contributed by atoms with van der Waals surface area (Å²) in [5.74, 6) is 1.33. The SMILES string of the molecule is COc1cc(OC)cc(C(=CC#N)c2ccc(OC)c(NC(=O)CN)c2)c1. The number of nitrogens with zero attached hydrogens (tertiary/aromatic N) is 1. The molecule has 0 saturated heterocycles. The van der Waals surface area contributed by atoms with Gasteiger partial charge in [0.15, 0.2) is 0 Å². The average Bonchev–Trinajstić information content (AvgIpc) is 2.71. The highest BCUT2D eigenvalue weighted by atomic mass is 16.5. The Hall–Kier alpha value is -3.50. The molecule has 7 heteroatoms. The highest BCUT2D eigenvalue weighted by Crippen LogP contribution is 2.34. The molecule has 1 amide bonds. The third-order valence-corrected chi connectivity index (χ3v) is 3.84. The smallest absolute Gasteiger partial charge is 0.238 e. The molecular weight excluding hydrogens is 346 g/mol. The zero-order chi connectivity index (χ0) is 19.8. The van der Waals surface area contributed by atoms with Crippen molar-refractivity contribution in [3.63, 3.8) is 0 Å². The maximum atomic E-state index is 11.7. The Morgan fingerprint density at radius 1 is 1.07 bits per heavy atom. The third-order valence-electron chi connectivity index (χ3n) is 3.84. The van der Waals surface area contributed by atoms with Gasteiger partial charge in [0.2, 0.25) is 5.91 Å². The lowest BCUT2D eigenvalue weighted by Gasteiger charge is -2.15. The molecule has 0 radical (unpaired) electrons. The molecule has 0 unspecified atom stereocenters. The van der Waals surface area contributed by atoms with Crippen LogP contribution in [-0.4, -0.2) is 33.8 Å². The van der Waals surface area contributed by atoms with Crippen LogP contribution in [0.2, 0.25) is 0 Å². The summed E-state index contributed by atoms with van der Waals surface area (Å²) < 4.78 is 15.9. The molecule has 0 aromatic heterocycles. The number of nitriles is 1. The van der Waals surface area contributed by atoms with E-state index in [1.807, 2.05) is 0 Å². The summed E-state index contributed by atoms with van der Waals surface area (Å²) in [6.45, 7) is -0.151. The first-order chi connectivity index (χ1) is 13.1. The van der Waals surface area contributed by atoms with E-state index in [2.05, 4.69) is 11.4 Å². The molecule has 0 aliphatic rings. The fourth-order valence-electron chi connectivity index (χ4n) is 2.54. The summed E-state index contributed by atoms with van der Waals surface area (Å²) in [6.07, 6.45) is 1.42. The van der Waals surface area contributed by atoms with Crippen LogP contribution in [0.5, 0.6) is 17.2 Å². The van der Waals surface area contributed by atoms with Gasteiger partial charge in [-0.15, -0.1) is 0 Å². The van der Waals surface area contributed by atoms with Crippen LogP contribution in [0, 0.1) is 11.3 Å². The molecule has 0 atom stereocenters. The van der Waals surface area contributed by atoms with Crippen molar-refractivity contribution in [2.24, 2.45) is 5.73 Å². The van der Waals surface area contributed by atoms with E-state index in [0.717, 1.165) is 5.56 Å². The highest BCUT2D eigenvalue weighted by Gasteiger charge is 2.13. The molecule has 0 aliphatic carbocycles. The number of rotatable bonds is 7. The minimum Gasteiger partial charge on any atom is -0.497 e. The van der Waals surface area contributed by atoms with Crippen LogP contribution in [0.1, 0.15) is 11.1 Å². The summed E-state index contributed by atoms with van der Waals surface area (Å²) in [6, 6.07) is 12.6. The van der Waals surface area contributed by atoms with E-state index in [9.17, 15) is 10.1 Å². The van der Waals surface area contributed by atoms with Gasteiger partial charge in [0, 0.05) is 12.1 Å². The predicted octanol–water partition coefficient (Wildman–Crippen LogP) is 2.56. The van der Waals surface area contributed by atoms with E-state index >= 15 is 0 Å². The number of carbonyl (C=O) groups is 1. The van der Waals surface area contributed by atoms with Crippen LogP contribution < -0.4 is 25.3 Å². The molecule has 0 bridgehead atoms. The van der Waals surface area contributed by atoms with Gasteiger partial charge in [-0.05, 0) is 41.0 Å². The fraction of sp³-hybridized carbons (Fsp3) is 0.200. The first kappa shape index (κ1) is 19.8. The Kier molecular flexibility index (Phi) is 6.80. The number of benzene rings is 2. The van der Waals surface area contributed by atoms with Gasteiger partial charge >= 0.3 is 0 Å². The van der Waals surface area contributed by atoms with Crippen molar-refractivity contribution in [2.45, 2.75) is 0 Å². The van der Waals surface area contributed by atoms with Gasteiger partial charge in [0.25, 0.3) is 0 Å². The van der Waals surface area contributed by atoms with Crippen molar-refractivity contribution >= 4 is 17.2 Å². The normalized spacial score (nSPS) is 10.7. The largest absolute Gasteiger partial charge is 0.497 e. The molecule has 0 aliphatic heterocycles. The van der Waals surface area contributed by atoms with Gasteiger partial charge in [-0.2, -0.15) is 5.26 Å². The Bertz CT molecular complexity index is 878. The monoisotopic (exact) mass is 367 g/mol. The molecule has 140 valence electrons. The summed E-state index contributed by atoms with van der Waals surface area (Å²) in [5, 5.41) is 12.0. The van der Waals surface area contributed by atoms with Crippen LogP contribution in [0.15, 0.2) is 42.5 Å². The van der Waals surface area contributed by atoms with Gasteiger partial charge in [0.05, 0.1) is 39.6 Å². The number of amides is 1. The number of carbonyl (C=O) groups excluding carboxylic acids is 1. The number of nitrogens with one attached hydrogen (secondary N) is 1. The van der Waals surface area contributed by atoms with Crippen LogP contribution >= 0.6 is 0 Å². The zero-order valence-corrected chi connectivity index (χ0v) is 15.4. The Morgan fingerprint density at radius 2 is 1.74 bits per heavy atom. The van der Waals surface area contributed by atoms with Gasteiger partial charge in [0.1, 0.15) is 17.2 Å². The van der Waals surface area contributed by atoms with Gasteiger partial charge < -0.3 is 25.3 Å². The molecule has 0 fully saturated rings. The molecule has 7 nitrogen and oxygen atoms in total. The molecular formula is C20H21N3O4. The summed E-state index contributed by atoms with van der Waals surface area (Å²) in [5.41, 5.74) is 7.92. The van der Waals surface area contributed by atoms with Gasteiger partial charge in [-0.25, -0.2) is 0 Å². The van der Waals surface area contributed by atoms with Crippen molar-refractivity contribution in [1.82, 2.24) is 0 Å². The summed E-state index contributed by atoms with van der Waals surface area (Å²) in [7, 11) is 4.62. The van der Waals surface area contributed by atoms with Crippen molar-refractivity contribution in [1.29, 1.82) is 5.26 Å². The molecule has 27 heavy (non-hydrogen) atoms. The Balaban J connectivity index is 2.58. The predicted molar refractivity (Wildman–Crippen MR) is 103 cm³/mol. The minimum atomic E-state index is -0.348. The molecule has 2 rings (SSSR count). The Morgan fingerprint density at radius 3 is 2.26 bits per heavy atom. The van der Waals surface area contributed by atoms with Crippen LogP contribution in [-0.2, 0) is 4.79 Å². The average molecular weight is 367 g/mol. The molecule has 0 saturated carbocycles. The second-order valence-corrected chi connectivity index (χ2v) is 5.46. The van der Waals surface area contributed by atoms with E-state index in [1.165, 1.54) is 13.2 Å².